The van der Waals surface area contributed by atoms with Crippen molar-refractivity contribution in [3.05, 3.63) is 35.8 Å². The molecule has 0 aliphatic heterocycles. The summed E-state index contributed by atoms with van der Waals surface area (Å²) in [4.78, 5) is 0. The Bertz CT molecular complexity index is 540. The molecule has 2 nitrogen and oxygen atoms in total. The lowest BCUT2D eigenvalue weighted by molar-refractivity contribution is 0.516. The SMILES string of the molecule is CC(N)C1(c2ccc3occc3c2F)CC1. The minimum absolute atomic E-state index is 0.00801. The van der Waals surface area contributed by atoms with Crippen LogP contribution in [0.25, 0.3) is 11.0 Å². The number of furan rings is 1. The van der Waals surface area contributed by atoms with E-state index in [1.807, 2.05) is 19.1 Å². The van der Waals surface area contributed by atoms with Crippen molar-refractivity contribution in [1.29, 1.82) is 0 Å². The number of rotatable bonds is 2. The maximum absolute atomic E-state index is 14.3. The van der Waals surface area contributed by atoms with E-state index < -0.39 is 0 Å². The molecule has 1 saturated carbocycles. The van der Waals surface area contributed by atoms with E-state index in [9.17, 15) is 4.39 Å². The van der Waals surface area contributed by atoms with Crippen LogP contribution in [0.1, 0.15) is 25.3 Å². The Hall–Kier alpha value is -1.35. The molecular formula is C13H14FNO. The van der Waals surface area contributed by atoms with Gasteiger partial charge in [-0.05, 0) is 37.5 Å². The van der Waals surface area contributed by atoms with Crippen molar-refractivity contribution in [2.75, 3.05) is 0 Å². The molecule has 3 rings (SSSR count). The van der Waals surface area contributed by atoms with Crippen LogP contribution in [0.2, 0.25) is 0 Å². The van der Waals surface area contributed by atoms with E-state index in [2.05, 4.69) is 0 Å². The topological polar surface area (TPSA) is 39.2 Å². The van der Waals surface area contributed by atoms with Gasteiger partial charge in [-0.3, -0.25) is 0 Å². The van der Waals surface area contributed by atoms with Gasteiger partial charge in [-0.15, -0.1) is 0 Å². The fraction of sp³-hybridized carbons (Fsp3) is 0.385. The van der Waals surface area contributed by atoms with Crippen molar-refractivity contribution in [3.63, 3.8) is 0 Å². The molecule has 2 N–H and O–H groups in total. The molecule has 0 saturated heterocycles. The van der Waals surface area contributed by atoms with Gasteiger partial charge < -0.3 is 10.2 Å². The van der Waals surface area contributed by atoms with E-state index in [0.29, 0.717) is 11.0 Å². The third-order valence-corrected chi connectivity index (χ3v) is 3.77. The van der Waals surface area contributed by atoms with Crippen molar-refractivity contribution in [2.24, 2.45) is 5.73 Å². The van der Waals surface area contributed by atoms with Crippen LogP contribution >= 0.6 is 0 Å². The molecule has 84 valence electrons. The summed E-state index contributed by atoms with van der Waals surface area (Å²) >= 11 is 0. The van der Waals surface area contributed by atoms with E-state index in [1.165, 1.54) is 6.26 Å². The second-order valence-electron chi connectivity index (χ2n) is 4.70. The van der Waals surface area contributed by atoms with Gasteiger partial charge in [0.1, 0.15) is 11.4 Å². The average molecular weight is 219 g/mol. The molecule has 0 radical (unpaired) electrons. The maximum Gasteiger partial charge on any atom is 0.138 e. The molecule has 1 atom stereocenters. The van der Waals surface area contributed by atoms with Crippen LogP contribution in [0.3, 0.4) is 0 Å². The van der Waals surface area contributed by atoms with Gasteiger partial charge in [-0.1, -0.05) is 6.07 Å². The second-order valence-corrected chi connectivity index (χ2v) is 4.70. The van der Waals surface area contributed by atoms with Crippen LogP contribution in [0.5, 0.6) is 0 Å². The van der Waals surface area contributed by atoms with E-state index in [0.717, 1.165) is 18.4 Å². The lowest BCUT2D eigenvalue weighted by Crippen LogP contribution is -2.32. The number of benzene rings is 1. The van der Waals surface area contributed by atoms with Crippen LogP contribution in [-0.2, 0) is 5.41 Å². The first-order valence-corrected chi connectivity index (χ1v) is 5.57. The summed E-state index contributed by atoms with van der Waals surface area (Å²) in [7, 11) is 0. The van der Waals surface area contributed by atoms with Crippen molar-refractivity contribution in [1.82, 2.24) is 0 Å². The molecule has 1 aromatic carbocycles. The number of fused-ring (bicyclic) bond motifs is 1. The highest BCUT2D eigenvalue weighted by Gasteiger charge is 2.49. The fourth-order valence-electron chi connectivity index (χ4n) is 2.50. The minimum Gasteiger partial charge on any atom is -0.464 e. The van der Waals surface area contributed by atoms with Gasteiger partial charge in [0.15, 0.2) is 0 Å². The van der Waals surface area contributed by atoms with Crippen LogP contribution < -0.4 is 5.73 Å². The zero-order chi connectivity index (χ0) is 11.3. The van der Waals surface area contributed by atoms with Crippen LogP contribution in [0, 0.1) is 5.82 Å². The molecule has 1 fully saturated rings. The predicted molar refractivity (Wildman–Crippen MR) is 60.7 cm³/mol. The summed E-state index contributed by atoms with van der Waals surface area (Å²) in [5, 5.41) is 0.560. The summed E-state index contributed by atoms with van der Waals surface area (Å²) in [6.07, 6.45) is 3.47. The Labute approximate surface area is 93.2 Å². The van der Waals surface area contributed by atoms with E-state index in [4.69, 9.17) is 10.2 Å². The average Bonchev–Trinajstić information content (AvgIpc) is 2.90. The highest BCUT2D eigenvalue weighted by atomic mass is 19.1. The molecule has 1 heterocycles. The van der Waals surface area contributed by atoms with E-state index in [-0.39, 0.29) is 17.3 Å². The van der Waals surface area contributed by atoms with Gasteiger partial charge in [0.2, 0.25) is 0 Å². The van der Waals surface area contributed by atoms with E-state index >= 15 is 0 Å². The molecule has 0 bridgehead atoms. The summed E-state index contributed by atoms with van der Waals surface area (Å²) in [5.41, 5.74) is 7.17. The van der Waals surface area contributed by atoms with Crippen molar-refractivity contribution >= 4 is 11.0 Å². The maximum atomic E-state index is 14.3. The molecule has 16 heavy (non-hydrogen) atoms. The van der Waals surface area contributed by atoms with Crippen LogP contribution in [-0.4, -0.2) is 6.04 Å². The zero-order valence-electron chi connectivity index (χ0n) is 9.16. The molecule has 1 aliphatic carbocycles. The largest absolute Gasteiger partial charge is 0.464 e. The molecule has 0 amide bonds. The van der Waals surface area contributed by atoms with E-state index in [1.54, 1.807) is 6.07 Å². The minimum atomic E-state index is -0.166. The van der Waals surface area contributed by atoms with Gasteiger partial charge in [-0.25, -0.2) is 4.39 Å². The van der Waals surface area contributed by atoms with Gasteiger partial charge in [0.05, 0.1) is 11.6 Å². The molecule has 1 aliphatic rings. The molecule has 2 aromatic rings. The van der Waals surface area contributed by atoms with Gasteiger partial charge >= 0.3 is 0 Å². The Morgan fingerprint density at radius 3 is 2.75 bits per heavy atom. The van der Waals surface area contributed by atoms with Gasteiger partial charge in [-0.2, -0.15) is 0 Å². The standard InChI is InChI=1S/C13H14FNO/c1-8(15)13(5-6-13)10-2-3-11-9(12(10)14)4-7-16-11/h2-4,7-8H,5-6,15H2,1H3. The first kappa shape index (κ1) is 9.85. The Balaban J connectivity index is 2.21. The third kappa shape index (κ3) is 1.15. The second kappa shape index (κ2) is 3.08. The number of hydrogen-bond acceptors (Lipinski definition) is 2. The monoisotopic (exact) mass is 219 g/mol. The smallest absolute Gasteiger partial charge is 0.138 e. The van der Waals surface area contributed by atoms with Gasteiger partial charge in [0, 0.05) is 11.5 Å². The van der Waals surface area contributed by atoms with Crippen molar-refractivity contribution in [3.8, 4) is 0 Å². The van der Waals surface area contributed by atoms with Crippen molar-refractivity contribution in [2.45, 2.75) is 31.2 Å². The predicted octanol–water partition coefficient (Wildman–Crippen LogP) is 2.95. The molecular weight excluding hydrogens is 205 g/mol. The number of hydrogen-bond donors (Lipinski definition) is 1. The first-order valence-electron chi connectivity index (χ1n) is 5.57. The Morgan fingerprint density at radius 1 is 1.38 bits per heavy atom. The van der Waals surface area contributed by atoms with Crippen molar-refractivity contribution < 1.29 is 8.81 Å². The molecule has 1 aromatic heterocycles. The van der Waals surface area contributed by atoms with Crippen LogP contribution in [0.15, 0.2) is 28.9 Å². The Kier molecular flexibility index (Phi) is 1.89. The number of halogens is 1. The quantitative estimate of drug-likeness (QED) is 0.843. The first-order chi connectivity index (χ1) is 7.65. The lowest BCUT2D eigenvalue weighted by Gasteiger charge is -2.20. The summed E-state index contributed by atoms with van der Waals surface area (Å²) < 4.78 is 19.5. The number of nitrogens with two attached hydrogens (primary N) is 1. The van der Waals surface area contributed by atoms with Crippen LogP contribution in [0.4, 0.5) is 4.39 Å². The van der Waals surface area contributed by atoms with Gasteiger partial charge in [0.25, 0.3) is 0 Å². The molecule has 1 unspecified atom stereocenters. The normalized spacial score (nSPS) is 19.9. The Morgan fingerprint density at radius 2 is 2.12 bits per heavy atom. The third-order valence-electron chi connectivity index (χ3n) is 3.77. The molecule has 3 heteroatoms. The summed E-state index contributed by atoms with van der Waals surface area (Å²) in [6, 6.07) is 5.31. The highest BCUT2D eigenvalue weighted by Crippen LogP contribution is 2.51. The summed E-state index contributed by atoms with van der Waals surface area (Å²) in [6.45, 7) is 1.95. The highest BCUT2D eigenvalue weighted by molar-refractivity contribution is 5.79. The lowest BCUT2D eigenvalue weighted by atomic mass is 9.88. The molecule has 0 spiro atoms. The summed E-state index contributed by atoms with van der Waals surface area (Å²) in [5.74, 6) is -0.166. The fourth-order valence-corrected chi connectivity index (χ4v) is 2.50. The zero-order valence-corrected chi connectivity index (χ0v) is 9.16.